The summed E-state index contributed by atoms with van der Waals surface area (Å²) in [6.07, 6.45) is 0. The molecule has 1 aromatic heterocycles. The van der Waals surface area contributed by atoms with Crippen LogP contribution in [0.25, 0.3) is 20.8 Å². The molecule has 1 heterocycles. The van der Waals surface area contributed by atoms with Gasteiger partial charge >= 0.3 is 0 Å². The summed E-state index contributed by atoms with van der Waals surface area (Å²) in [6, 6.07) is 28.2. The van der Waals surface area contributed by atoms with Crippen LogP contribution in [0, 0.1) is 0 Å². The fraction of sp³-hybridized carbons (Fsp3) is 0.0714. The van der Waals surface area contributed by atoms with E-state index in [1.807, 2.05) is 72.8 Å². The van der Waals surface area contributed by atoms with Crippen LogP contribution in [-0.2, 0) is 6.61 Å². The van der Waals surface area contributed by atoms with E-state index in [1.54, 1.807) is 36.6 Å². The van der Waals surface area contributed by atoms with E-state index in [9.17, 15) is 4.79 Å². The van der Waals surface area contributed by atoms with Gasteiger partial charge in [-0.15, -0.1) is 11.3 Å². The van der Waals surface area contributed by atoms with E-state index in [0.717, 1.165) is 26.4 Å². The zero-order valence-electron chi connectivity index (χ0n) is 18.8. The highest BCUT2D eigenvalue weighted by Crippen LogP contribution is 2.35. The average Bonchev–Trinajstić information content (AvgIpc) is 3.33. The third-order valence-electron chi connectivity index (χ3n) is 5.43. The summed E-state index contributed by atoms with van der Waals surface area (Å²) in [4.78, 5) is 17.9. The second kappa shape index (κ2) is 10.2. The number of ether oxygens (including phenoxy) is 2. The number of hydrogen-bond donors (Lipinski definition) is 1. The largest absolute Gasteiger partial charge is 0.493 e. The fourth-order valence-electron chi connectivity index (χ4n) is 3.63. The van der Waals surface area contributed by atoms with Crippen LogP contribution in [-0.4, -0.2) is 18.0 Å². The zero-order chi connectivity index (χ0) is 24.2. The molecule has 0 atom stereocenters. The van der Waals surface area contributed by atoms with Crippen LogP contribution < -0.4 is 14.8 Å². The predicted molar refractivity (Wildman–Crippen MR) is 142 cm³/mol. The summed E-state index contributed by atoms with van der Waals surface area (Å²) in [5, 5.41) is 4.55. The van der Waals surface area contributed by atoms with Gasteiger partial charge in [-0.05, 0) is 60.2 Å². The van der Waals surface area contributed by atoms with Crippen molar-refractivity contribution in [3.63, 3.8) is 0 Å². The molecule has 4 aromatic carbocycles. The molecule has 0 aliphatic rings. The maximum atomic E-state index is 13.1. The molecule has 7 heteroatoms. The highest BCUT2D eigenvalue weighted by molar-refractivity contribution is 7.21. The van der Waals surface area contributed by atoms with Gasteiger partial charge in [-0.25, -0.2) is 4.98 Å². The Morgan fingerprint density at radius 3 is 2.51 bits per heavy atom. The number of amides is 1. The third-order valence-corrected chi connectivity index (χ3v) is 6.75. The monoisotopic (exact) mass is 500 g/mol. The molecule has 0 unspecified atom stereocenters. The number of halogens is 1. The molecular weight excluding hydrogens is 480 g/mol. The van der Waals surface area contributed by atoms with Crippen LogP contribution in [0.4, 0.5) is 5.69 Å². The number of rotatable bonds is 7. The van der Waals surface area contributed by atoms with Crippen molar-refractivity contribution in [2.24, 2.45) is 0 Å². The number of nitrogens with one attached hydrogen (secondary N) is 1. The summed E-state index contributed by atoms with van der Waals surface area (Å²) < 4.78 is 12.5. The van der Waals surface area contributed by atoms with Crippen molar-refractivity contribution in [2.45, 2.75) is 6.61 Å². The van der Waals surface area contributed by atoms with Gasteiger partial charge in [-0.3, -0.25) is 4.79 Å². The SMILES string of the molecule is COc1cc(C(=O)Nc2ccccc2-c2nc3ccccc3s2)ccc1OCc1ccc(Cl)cc1. The molecule has 0 radical (unpaired) electrons. The minimum atomic E-state index is -0.249. The molecular formula is C28H21ClN2O3S. The van der Waals surface area contributed by atoms with Gasteiger partial charge in [0, 0.05) is 16.1 Å². The van der Waals surface area contributed by atoms with E-state index in [-0.39, 0.29) is 5.91 Å². The first-order valence-corrected chi connectivity index (χ1v) is 12.1. The molecule has 174 valence electrons. The van der Waals surface area contributed by atoms with E-state index < -0.39 is 0 Å². The number of fused-ring (bicyclic) bond motifs is 1. The predicted octanol–water partition coefficient (Wildman–Crippen LogP) is 7.46. The van der Waals surface area contributed by atoms with E-state index in [0.29, 0.717) is 34.4 Å². The second-order valence-corrected chi connectivity index (χ2v) is 9.23. The molecule has 0 saturated heterocycles. The van der Waals surface area contributed by atoms with E-state index in [4.69, 9.17) is 26.1 Å². The number of methoxy groups -OCH3 is 1. The standard InChI is InChI=1S/C28H21ClN2O3S/c1-33-25-16-19(12-15-24(25)34-17-18-10-13-20(29)14-11-18)27(32)30-22-7-3-2-6-21(22)28-31-23-8-4-5-9-26(23)35-28/h2-16H,17H2,1H3,(H,30,32). The van der Waals surface area contributed by atoms with Gasteiger partial charge in [0.15, 0.2) is 11.5 Å². The van der Waals surface area contributed by atoms with Gasteiger partial charge in [-0.2, -0.15) is 0 Å². The number of para-hydroxylation sites is 2. The number of aromatic nitrogens is 1. The van der Waals surface area contributed by atoms with E-state index in [1.165, 1.54) is 0 Å². The lowest BCUT2D eigenvalue weighted by atomic mass is 10.1. The van der Waals surface area contributed by atoms with Crippen LogP contribution in [0.5, 0.6) is 11.5 Å². The van der Waals surface area contributed by atoms with Gasteiger partial charge in [0.25, 0.3) is 5.91 Å². The van der Waals surface area contributed by atoms with Gasteiger partial charge < -0.3 is 14.8 Å². The lowest BCUT2D eigenvalue weighted by molar-refractivity contribution is 0.102. The molecule has 5 nitrogen and oxygen atoms in total. The molecule has 0 aliphatic carbocycles. The van der Waals surface area contributed by atoms with Crippen LogP contribution in [0.2, 0.25) is 5.02 Å². The lowest BCUT2D eigenvalue weighted by Crippen LogP contribution is -2.13. The smallest absolute Gasteiger partial charge is 0.255 e. The molecule has 0 fully saturated rings. The molecule has 0 spiro atoms. The van der Waals surface area contributed by atoms with Crippen LogP contribution in [0.1, 0.15) is 15.9 Å². The first kappa shape index (κ1) is 22.9. The summed E-state index contributed by atoms with van der Waals surface area (Å²) >= 11 is 7.54. The minimum Gasteiger partial charge on any atom is -0.493 e. The van der Waals surface area contributed by atoms with Crippen molar-refractivity contribution < 1.29 is 14.3 Å². The minimum absolute atomic E-state index is 0.249. The van der Waals surface area contributed by atoms with E-state index >= 15 is 0 Å². The maximum Gasteiger partial charge on any atom is 0.255 e. The zero-order valence-corrected chi connectivity index (χ0v) is 20.4. The number of anilines is 1. The van der Waals surface area contributed by atoms with Crippen LogP contribution in [0.3, 0.4) is 0 Å². The lowest BCUT2D eigenvalue weighted by Gasteiger charge is -2.13. The van der Waals surface area contributed by atoms with Gasteiger partial charge in [0.05, 0.1) is 23.0 Å². The molecule has 0 saturated carbocycles. The Bertz CT molecular complexity index is 1470. The first-order chi connectivity index (χ1) is 17.1. The second-order valence-electron chi connectivity index (χ2n) is 7.77. The van der Waals surface area contributed by atoms with Crippen molar-refractivity contribution in [1.82, 2.24) is 4.98 Å². The molecule has 1 N–H and O–H groups in total. The highest BCUT2D eigenvalue weighted by atomic mass is 35.5. The maximum absolute atomic E-state index is 13.1. The van der Waals surface area contributed by atoms with Crippen LogP contribution >= 0.6 is 22.9 Å². The Morgan fingerprint density at radius 2 is 1.71 bits per heavy atom. The fourth-order valence-corrected chi connectivity index (χ4v) is 4.76. The number of thiazole rings is 1. The molecule has 35 heavy (non-hydrogen) atoms. The summed E-state index contributed by atoms with van der Waals surface area (Å²) in [5.74, 6) is 0.779. The van der Waals surface area contributed by atoms with Crippen LogP contribution in [0.15, 0.2) is 91.0 Å². The highest BCUT2D eigenvalue weighted by Gasteiger charge is 2.15. The molecule has 5 rings (SSSR count). The molecule has 0 bridgehead atoms. The quantitative estimate of drug-likeness (QED) is 0.252. The number of hydrogen-bond acceptors (Lipinski definition) is 5. The Hall–Kier alpha value is -3.87. The number of benzene rings is 4. The summed E-state index contributed by atoms with van der Waals surface area (Å²) in [6.45, 7) is 0.356. The van der Waals surface area contributed by atoms with Crippen molar-refractivity contribution >= 4 is 44.7 Å². The summed E-state index contributed by atoms with van der Waals surface area (Å²) in [7, 11) is 1.55. The Morgan fingerprint density at radius 1 is 0.943 bits per heavy atom. The van der Waals surface area contributed by atoms with Crippen molar-refractivity contribution in [3.05, 3.63) is 107 Å². The topological polar surface area (TPSA) is 60.5 Å². The normalized spacial score (nSPS) is 10.8. The number of carbonyl (C=O) groups excluding carboxylic acids is 1. The Balaban J connectivity index is 1.35. The molecule has 1 amide bonds. The number of carbonyl (C=O) groups is 1. The molecule has 5 aromatic rings. The van der Waals surface area contributed by atoms with E-state index in [2.05, 4.69) is 5.32 Å². The van der Waals surface area contributed by atoms with Gasteiger partial charge in [-0.1, -0.05) is 48.0 Å². The Kier molecular flexibility index (Phi) is 6.66. The third kappa shape index (κ3) is 5.14. The van der Waals surface area contributed by atoms with Crippen molar-refractivity contribution in [3.8, 4) is 22.1 Å². The molecule has 0 aliphatic heterocycles. The number of nitrogens with zero attached hydrogens (tertiary/aromatic N) is 1. The average molecular weight is 501 g/mol. The van der Waals surface area contributed by atoms with Crippen molar-refractivity contribution in [1.29, 1.82) is 0 Å². The summed E-state index contributed by atoms with van der Waals surface area (Å²) in [5.41, 5.74) is 3.94. The van der Waals surface area contributed by atoms with Crippen molar-refractivity contribution in [2.75, 3.05) is 12.4 Å². The Labute approximate surface area is 211 Å². The first-order valence-electron chi connectivity index (χ1n) is 10.9. The van der Waals surface area contributed by atoms with Gasteiger partial charge in [0.1, 0.15) is 11.6 Å². The van der Waals surface area contributed by atoms with Gasteiger partial charge in [0.2, 0.25) is 0 Å².